The van der Waals surface area contributed by atoms with E-state index in [1.54, 1.807) is 42.5 Å². The summed E-state index contributed by atoms with van der Waals surface area (Å²) in [4.78, 5) is 12.4. The number of furan rings is 1. The van der Waals surface area contributed by atoms with Gasteiger partial charge in [0.1, 0.15) is 5.58 Å². The normalized spacial score (nSPS) is 10.6. The SMILES string of the molecule is COc1c(C(=O)OCc2nnc(-c3ccc(C#N)cc3)o2)oc2ccccc12. The van der Waals surface area contributed by atoms with E-state index in [1.165, 1.54) is 7.11 Å². The molecule has 0 unspecified atom stereocenters. The summed E-state index contributed by atoms with van der Waals surface area (Å²) in [5.41, 5.74) is 1.70. The second-order valence-corrected chi connectivity index (χ2v) is 5.73. The van der Waals surface area contributed by atoms with Gasteiger partial charge in [0.2, 0.25) is 5.89 Å². The molecule has 2 aromatic carbocycles. The molecular weight excluding hydrogens is 362 g/mol. The van der Waals surface area contributed by atoms with Crippen LogP contribution in [0.25, 0.3) is 22.4 Å². The van der Waals surface area contributed by atoms with Crippen molar-refractivity contribution in [3.05, 3.63) is 65.7 Å². The first-order valence-corrected chi connectivity index (χ1v) is 8.25. The number of aromatic nitrogens is 2. The highest BCUT2D eigenvalue weighted by molar-refractivity contribution is 5.98. The van der Waals surface area contributed by atoms with Crippen LogP contribution in [-0.4, -0.2) is 23.3 Å². The van der Waals surface area contributed by atoms with Crippen LogP contribution in [0.15, 0.2) is 57.4 Å². The van der Waals surface area contributed by atoms with E-state index in [1.807, 2.05) is 12.1 Å². The van der Waals surface area contributed by atoms with E-state index in [0.29, 0.717) is 27.8 Å². The number of hydrogen-bond donors (Lipinski definition) is 0. The summed E-state index contributed by atoms with van der Waals surface area (Å²) in [5, 5.41) is 17.3. The lowest BCUT2D eigenvalue weighted by molar-refractivity contribution is 0.0400. The smallest absolute Gasteiger partial charge is 0.378 e. The van der Waals surface area contributed by atoms with Gasteiger partial charge in [-0.3, -0.25) is 0 Å². The number of hydrogen-bond acceptors (Lipinski definition) is 8. The molecule has 0 aliphatic heterocycles. The molecule has 0 atom stereocenters. The zero-order valence-electron chi connectivity index (χ0n) is 14.7. The summed E-state index contributed by atoms with van der Waals surface area (Å²) >= 11 is 0. The number of carbonyl (C=O) groups is 1. The van der Waals surface area contributed by atoms with Crippen LogP contribution in [0.1, 0.15) is 22.0 Å². The maximum Gasteiger partial charge on any atom is 0.378 e. The van der Waals surface area contributed by atoms with Crippen molar-refractivity contribution in [3.63, 3.8) is 0 Å². The van der Waals surface area contributed by atoms with Crippen molar-refractivity contribution in [1.29, 1.82) is 5.26 Å². The van der Waals surface area contributed by atoms with Crippen LogP contribution in [0.2, 0.25) is 0 Å². The summed E-state index contributed by atoms with van der Waals surface area (Å²) < 4.78 is 21.5. The molecule has 2 heterocycles. The largest absolute Gasteiger partial charge is 0.492 e. The minimum atomic E-state index is -0.703. The van der Waals surface area contributed by atoms with Gasteiger partial charge in [0, 0.05) is 5.56 Å². The predicted molar refractivity (Wildman–Crippen MR) is 96.3 cm³/mol. The van der Waals surface area contributed by atoms with Gasteiger partial charge in [-0.2, -0.15) is 5.26 Å². The molecule has 28 heavy (non-hydrogen) atoms. The van der Waals surface area contributed by atoms with Crippen molar-refractivity contribution in [2.75, 3.05) is 7.11 Å². The standard InChI is InChI=1S/C20H13N3O5/c1-25-17-14-4-2-3-5-15(14)27-18(17)20(24)26-11-16-22-23-19(28-16)13-8-6-12(10-21)7-9-13/h2-9H,11H2,1H3. The molecule has 0 aliphatic carbocycles. The molecule has 0 amide bonds. The number of methoxy groups -OCH3 is 1. The number of carbonyl (C=O) groups excluding carboxylic acids is 1. The molecule has 0 saturated carbocycles. The Morgan fingerprint density at radius 3 is 2.64 bits per heavy atom. The minimum absolute atomic E-state index is 0.0319. The molecule has 4 rings (SSSR count). The van der Waals surface area contributed by atoms with Gasteiger partial charge in [-0.1, -0.05) is 12.1 Å². The number of nitrogens with zero attached hydrogens (tertiary/aromatic N) is 3. The topological polar surface area (TPSA) is 111 Å². The molecule has 4 aromatic rings. The van der Waals surface area contributed by atoms with Gasteiger partial charge in [0.25, 0.3) is 11.7 Å². The third-order valence-electron chi connectivity index (χ3n) is 3.99. The summed E-state index contributed by atoms with van der Waals surface area (Å²) in [6, 6.07) is 15.9. The van der Waals surface area contributed by atoms with Crippen LogP contribution in [-0.2, 0) is 11.3 Å². The lowest BCUT2D eigenvalue weighted by atomic mass is 10.1. The second kappa shape index (κ2) is 7.25. The molecule has 2 aromatic heterocycles. The summed E-state index contributed by atoms with van der Waals surface area (Å²) in [6.07, 6.45) is 0. The first kappa shape index (κ1) is 17.3. The lowest BCUT2D eigenvalue weighted by Crippen LogP contribution is -2.05. The maximum atomic E-state index is 12.4. The zero-order valence-corrected chi connectivity index (χ0v) is 14.7. The molecule has 8 heteroatoms. The fraction of sp³-hybridized carbons (Fsp3) is 0.100. The van der Waals surface area contributed by atoms with E-state index in [2.05, 4.69) is 10.2 Å². The van der Waals surface area contributed by atoms with Crippen LogP contribution in [0, 0.1) is 11.3 Å². The van der Waals surface area contributed by atoms with Crippen molar-refractivity contribution >= 4 is 16.9 Å². The van der Waals surface area contributed by atoms with Crippen LogP contribution in [0.5, 0.6) is 5.75 Å². The predicted octanol–water partition coefficient (Wildman–Crippen LogP) is 3.72. The van der Waals surface area contributed by atoms with E-state index >= 15 is 0 Å². The van der Waals surface area contributed by atoms with Crippen molar-refractivity contribution in [3.8, 4) is 23.3 Å². The van der Waals surface area contributed by atoms with Gasteiger partial charge in [0.05, 0.1) is 24.1 Å². The lowest BCUT2D eigenvalue weighted by Gasteiger charge is -2.01. The average molecular weight is 375 g/mol. The number of esters is 1. The first-order valence-electron chi connectivity index (χ1n) is 8.25. The number of nitriles is 1. The van der Waals surface area contributed by atoms with Crippen molar-refractivity contribution in [1.82, 2.24) is 10.2 Å². The summed E-state index contributed by atoms with van der Waals surface area (Å²) in [7, 11) is 1.45. The minimum Gasteiger partial charge on any atom is -0.492 e. The van der Waals surface area contributed by atoms with Crippen molar-refractivity contribution in [2.24, 2.45) is 0 Å². The highest BCUT2D eigenvalue weighted by Crippen LogP contribution is 2.33. The second-order valence-electron chi connectivity index (χ2n) is 5.73. The molecule has 0 aliphatic rings. The Morgan fingerprint density at radius 1 is 1.11 bits per heavy atom. The highest BCUT2D eigenvalue weighted by Gasteiger charge is 2.23. The monoisotopic (exact) mass is 375 g/mol. The zero-order chi connectivity index (χ0) is 19.5. The Labute approximate surface area is 158 Å². The fourth-order valence-corrected chi connectivity index (χ4v) is 2.67. The molecule has 0 fully saturated rings. The molecular formula is C20H13N3O5. The molecule has 0 spiro atoms. The third-order valence-corrected chi connectivity index (χ3v) is 3.99. The van der Waals surface area contributed by atoms with E-state index in [4.69, 9.17) is 23.6 Å². The van der Waals surface area contributed by atoms with Crippen molar-refractivity contribution < 1.29 is 23.1 Å². The molecule has 0 saturated heterocycles. The fourth-order valence-electron chi connectivity index (χ4n) is 2.67. The van der Waals surface area contributed by atoms with Crippen LogP contribution in [0.3, 0.4) is 0 Å². The van der Waals surface area contributed by atoms with E-state index < -0.39 is 5.97 Å². The van der Waals surface area contributed by atoms with Crippen LogP contribution < -0.4 is 4.74 Å². The number of fused-ring (bicyclic) bond motifs is 1. The van der Waals surface area contributed by atoms with E-state index in [9.17, 15) is 4.79 Å². The van der Waals surface area contributed by atoms with E-state index in [0.717, 1.165) is 0 Å². The number of ether oxygens (including phenoxy) is 2. The summed E-state index contributed by atoms with van der Waals surface area (Å²) in [5.74, 6) is -0.0363. The Morgan fingerprint density at radius 2 is 1.89 bits per heavy atom. The quantitative estimate of drug-likeness (QED) is 0.485. The van der Waals surface area contributed by atoms with E-state index in [-0.39, 0.29) is 24.1 Å². The van der Waals surface area contributed by atoms with Gasteiger partial charge >= 0.3 is 5.97 Å². The highest BCUT2D eigenvalue weighted by atomic mass is 16.6. The Balaban J connectivity index is 1.48. The van der Waals surface area contributed by atoms with Crippen LogP contribution in [0.4, 0.5) is 0 Å². The maximum absolute atomic E-state index is 12.4. The Bertz CT molecular complexity index is 1180. The molecule has 0 radical (unpaired) electrons. The van der Waals surface area contributed by atoms with Crippen LogP contribution >= 0.6 is 0 Å². The third kappa shape index (κ3) is 3.17. The first-order chi connectivity index (χ1) is 13.7. The van der Waals surface area contributed by atoms with Gasteiger partial charge in [0.15, 0.2) is 12.4 Å². The number of rotatable bonds is 5. The average Bonchev–Trinajstić information content (AvgIpc) is 3.36. The number of para-hydroxylation sites is 1. The van der Waals surface area contributed by atoms with Gasteiger partial charge < -0.3 is 18.3 Å². The van der Waals surface area contributed by atoms with Crippen molar-refractivity contribution in [2.45, 2.75) is 6.61 Å². The Kier molecular flexibility index (Phi) is 4.48. The number of benzene rings is 2. The molecule has 8 nitrogen and oxygen atoms in total. The van der Waals surface area contributed by atoms with Gasteiger partial charge in [-0.05, 0) is 36.4 Å². The van der Waals surface area contributed by atoms with Gasteiger partial charge in [-0.15, -0.1) is 10.2 Å². The molecule has 138 valence electrons. The summed E-state index contributed by atoms with van der Waals surface area (Å²) in [6.45, 7) is -0.220. The Hall–Kier alpha value is -4.12. The molecule has 0 N–H and O–H groups in total. The molecule has 0 bridgehead atoms. The van der Waals surface area contributed by atoms with Gasteiger partial charge in [-0.25, -0.2) is 4.79 Å².